The summed E-state index contributed by atoms with van der Waals surface area (Å²) in [6.07, 6.45) is 3.61. The molecule has 2 aliphatic heterocycles. The maximum atomic E-state index is 12.5. The largest absolute Gasteiger partial charge is 0.369 e. The van der Waals surface area contributed by atoms with E-state index in [1.807, 2.05) is 41.8 Å². The van der Waals surface area contributed by atoms with Crippen LogP contribution in [0.3, 0.4) is 0 Å². The Morgan fingerprint density at radius 3 is 2.69 bits per heavy atom. The van der Waals surface area contributed by atoms with E-state index in [4.69, 9.17) is 4.74 Å². The fourth-order valence-corrected chi connectivity index (χ4v) is 4.13. The van der Waals surface area contributed by atoms with Crippen LogP contribution in [0.2, 0.25) is 0 Å². The van der Waals surface area contributed by atoms with Crippen LogP contribution < -0.4 is 0 Å². The van der Waals surface area contributed by atoms with Gasteiger partial charge in [-0.3, -0.25) is 9.59 Å². The first-order chi connectivity index (χ1) is 12.5. The van der Waals surface area contributed by atoms with Crippen LogP contribution in [0.5, 0.6) is 0 Å². The van der Waals surface area contributed by atoms with Crippen molar-refractivity contribution in [3.05, 3.63) is 35.9 Å². The molecular formula is C21H30N2O3. The first-order valence-corrected chi connectivity index (χ1v) is 9.69. The average Bonchev–Trinajstić information content (AvgIpc) is 2.64. The fourth-order valence-electron chi connectivity index (χ4n) is 4.13. The van der Waals surface area contributed by atoms with Gasteiger partial charge in [-0.15, -0.1) is 0 Å². The first-order valence-electron chi connectivity index (χ1n) is 9.69. The molecule has 2 aliphatic rings. The van der Waals surface area contributed by atoms with E-state index in [-0.39, 0.29) is 29.9 Å². The zero-order valence-electron chi connectivity index (χ0n) is 15.9. The summed E-state index contributed by atoms with van der Waals surface area (Å²) in [5.74, 6) is 0.301. The molecule has 0 bridgehead atoms. The molecule has 1 atom stereocenters. The topological polar surface area (TPSA) is 49.9 Å². The number of hydrogen-bond donors (Lipinski definition) is 0. The summed E-state index contributed by atoms with van der Waals surface area (Å²) in [6.45, 7) is 6.99. The molecule has 2 heterocycles. The Hall–Kier alpha value is -1.88. The van der Waals surface area contributed by atoms with Gasteiger partial charge in [0, 0.05) is 38.0 Å². The third-order valence-corrected chi connectivity index (χ3v) is 5.52. The minimum atomic E-state index is 0.0361. The third-order valence-electron chi connectivity index (χ3n) is 5.52. The molecule has 26 heavy (non-hydrogen) atoms. The molecule has 142 valence electrons. The van der Waals surface area contributed by atoms with Crippen LogP contribution in [0.1, 0.15) is 45.1 Å². The highest BCUT2D eigenvalue weighted by Gasteiger charge is 2.42. The molecule has 0 N–H and O–H groups in total. The van der Waals surface area contributed by atoms with E-state index in [0.717, 1.165) is 44.5 Å². The van der Waals surface area contributed by atoms with Gasteiger partial charge in [-0.1, -0.05) is 30.3 Å². The Kier molecular flexibility index (Phi) is 5.97. The second kappa shape index (κ2) is 8.21. The van der Waals surface area contributed by atoms with Crippen LogP contribution in [0.25, 0.3) is 0 Å². The maximum absolute atomic E-state index is 12.5. The van der Waals surface area contributed by atoms with Crippen LogP contribution in [-0.2, 0) is 20.9 Å². The predicted molar refractivity (Wildman–Crippen MR) is 100 cm³/mol. The Morgan fingerprint density at radius 1 is 1.19 bits per heavy atom. The SMILES string of the molecule is CC(C)OCC(=O)N1CCC[C@]2(CCC(=O)N(Cc3ccccc3)C2)C1. The minimum Gasteiger partial charge on any atom is -0.369 e. The summed E-state index contributed by atoms with van der Waals surface area (Å²) in [7, 11) is 0. The van der Waals surface area contributed by atoms with Crippen molar-refractivity contribution < 1.29 is 14.3 Å². The summed E-state index contributed by atoms with van der Waals surface area (Å²) in [6, 6.07) is 10.1. The quantitative estimate of drug-likeness (QED) is 0.813. The van der Waals surface area contributed by atoms with Crippen molar-refractivity contribution in [1.29, 1.82) is 0 Å². The van der Waals surface area contributed by atoms with Gasteiger partial charge in [0.2, 0.25) is 11.8 Å². The van der Waals surface area contributed by atoms with Gasteiger partial charge in [0.05, 0.1) is 6.10 Å². The molecule has 0 aromatic heterocycles. The Labute approximate surface area is 156 Å². The molecule has 2 fully saturated rings. The highest BCUT2D eigenvalue weighted by Crippen LogP contribution is 2.39. The molecule has 5 nitrogen and oxygen atoms in total. The third kappa shape index (κ3) is 4.64. The van der Waals surface area contributed by atoms with Gasteiger partial charge in [0.15, 0.2) is 0 Å². The average molecular weight is 358 g/mol. The van der Waals surface area contributed by atoms with E-state index in [0.29, 0.717) is 13.0 Å². The Balaban J connectivity index is 1.64. The van der Waals surface area contributed by atoms with Crippen molar-refractivity contribution in [1.82, 2.24) is 9.80 Å². The summed E-state index contributed by atoms with van der Waals surface area (Å²) in [5, 5.41) is 0. The second-order valence-electron chi connectivity index (χ2n) is 8.01. The second-order valence-corrected chi connectivity index (χ2v) is 8.01. The van der Waals surface area contributed by atoms with Gasteiger partial charge >= 0.3 is 0 Å². The summed E-state index contributed by atoms with van der Waals surface area (Å²) >= 11 is 0. The number of amides is 2. The summed E-state index contributed by atoms with van der Waals surface area (Å²) < 4.78 is 5.49. The van der Waals surface area contributed by atoms with Gasteiger partial charge in [-0.2, -0.15) is 0 Å². The van der Waals surface area contributed by atoms with E-state index in [9.17, 15) is 9.59 Å². The van der Waals surface area contributed by atoms with Crippen LogP contribution in [0.15, 0.2) is 30.3 Å². The first kappa shape index (κ1) is 18.9. The smallest absolute Gasteiger partial charge is 0.248 e. The normalized spacial score (nSPS) is 23.7. The molecule has 1 spiro atoms. The molecule has 0 radical (unpaired) electrons. The highest BCUT2D eigenvalue weighted by atomic mass is 16.5. The van der Waals surface area contributed by atoms with Crippen molar-refractivity contribution in [3.63, 3.8) is 0 Å². The number of ether oxygens (including phenoxy) is 1. The highest BCUT2D eigenvalue weighted by molar-refractivity contribution is 5.78. The molecule has 0 aliphatic carbocycles. The molecule has 2 saturated heterocycles. The molecule has 1 aromatic rings. The Morgan fingerprint density at radius 2 is 1.96 bits per heavy atom. The number of rotatable bonds is 5. The van der Waals surface area contributed by atoms with Crippen LogP contribution in [0.4, 0.5) is 0 Å². The Bertz CT molecular complexity index is 631. The zero-order valence-corrected chi connectivity index (χ0v) is 15.9. The number of hydrogen-bond acceptors (Lipinski definition) is 3. The molecule has 0 unspecified atom stereocenters. The number of piperidine rings is 2. The van der Waals surface area contributed by atoms with E-state index in [1.165, 1.54) is 0 Å². The lowest BCUT2D eigenvalue weighted by Gasteiger charge is -2.48. The molecule has 5 heteroatoms. The van der Waals surface area contributed by atoms with Crippen molar-refractivity contribution in [2.45, 2.75) is 52.2 Å². The van der Waals surface area contributed by atoms with Crippen molar-refractivity contribution in [2.24, 2.45) is 5.41 Å². The standard InChI is InChI=1S/C21H30N2O3/c1-17(2)26-14-20(25)22-12-6-10-21(15-22)11-9-19(24)23(16-21)13-18-7-4-3-5-8-18/h3-5,7-8,17H,6,9-16H2,1-2H3/t21-/m0/s1. The lowest BCUT2D eigenvalue weighted by molar-refractivity contribution is -0.146. The lowest BCUT2D eigenvalue weighted by Crippen LogP contribution is -2.55. The van der Waals surface area contributed by atoms with Crippen LogP contribution in [-0.4, -0.2) is 54.0 Å². The monoisotopic (exact) mass is 358 g/mol. The lowest BCUT2D eigenvalue weighted by atomic mass is 9.73. The van der Waals surface area contributed by atoms with Crippen LogP contribution in [0, 0.1) is 5.41 Å². The van der Waals surface area contributed by atoms with E-state index < -0.39 is 0 Å². The van der Waals surface area contributed by atoms with Crippen molar-refractivity contribution in [3.8, 4) is 0 Å². The number of carbonyl (C=O) groups is 2. The van der Waals surface area contributed by atoms with Gasteiger partial charge in [0.25, 0.3) is 0 Å². The minimum absolute atomic E-state index is 0.0361. The predicted octanol–water partition coefficient (Wildman–Crippen LogP) is 2.84. The summed E-state index contributed by atoms with van der Waals surface area (Å²) in [5.41, 5.74) is 1.20. The number of benzene rings is 1. The van der Waals surface area contributed by atoms with E-state index in [2.05, 4.69) is 12.1 Å². The van der Waals surface area contributed by atoms with Crippen LogP contribution >= 0.6 is 0 Å². The molecule has 0 saturated carbocycles. The molecular weight excluding hydrogens is 328 g/mol. The summed E-state index contributed by atoms with van der Waals surface area (Å²) in [4.78, 5) is 28.9. The maximum Gasteiger partial charge on any atom is 0.248 e. The van der Waals surface area contributed by atoms with E-state index in [1.54, 1.807) is 0 Å². The van der Waals surface area contributed by atoms with E-state index >= 15 is 0 Å². The molecule has 1 aromatic carbocycles. The molecule has 2 amide bonds. The van der Waals surface area contributed by atoms with Gasteiger partial charge in [-0.05, 0) is 38.7 Å². The fraction of sp³-hybridized carbons (Fsp3) is 0.619. The number of carbonyl (C=O) groups excluding carboxylic acids is 2. The van der Waals surface area contributed by atoms with Gasteiger partial charge < -0.3 is 14.5 Å². The molecule has 3 rings (SSSR count). The van der Waals surface area contributed by atoms with Crippen molar-refractivity contribution >= 4 is 11.8 Å². The van der Waals surface area contributed by atoms with Gasteiger partial charge in [0.1, 0.15) is 6.61 Å². The van der Waals surface area contributed by atoms with Gasteiger partial charge in [-0.25, -0.2) is 0 Å². The number of nitrogens with zero attached hydrogens (tertiary/aromatic N) is 2. The van der Waals surface area contributed by atoms with Crippen molar-refractivity contribution in [2.75, 3.05) is 26.2 Å². The zero-order chi connectivity index (χ0) is 18.6. The number of likely N-dealkylation sites (tertiary alicyclic amines) is 2.